The number of nitrogens with zero attached hydrogens (tertiary/aromatic N) is 2. The molecular weight excluding hydrogens is 400 g/mol. The molecule has 0 N–H and O–H groups in total. The van der Waals surface area contributed by atoms with Crippen LogP contribution in [0.4, 0.5) is 5.69 Å². The predicted molar refractivity (Wildman–Crippen MR) is 119 cm³/mol. The van der Waals surface area contributed by atoms with E-state index in [1.54, 1.807) is 30.2 Å². The van der Waals surface area contributed by atoms with Gasteiger partial charge in [0.1, 0.15) is 5.75 Å². The second-order valence-electron chi connectivity index (χ2n) is 7.38. The molecule has 0 radical (unpaired) electrons. The molecule has 0 unspecified atom stereocenters. The van der Waals surface area contributed by atoms with Crippen LogP contribution >= 0.6 is 0 Å². The predicted octanol–water partition coefficient (Wildman–Crippen LogP) is 3.64. The van der Waals surface area contributed by atoms with Crippen LogP contribution < -0.4 is 9.64 Å². The Morgan fingerprint density at radius 2 is 1.80 bits per heavy atom. The first-order chi connectivity index (χ1) is 14.4. The Morgan fingerprint density at radius 1 is 1.10 bits per heavy atom. The fourth-order valence-electron chi connectivity index (χ4n) is 3.88. The summed E-state index contributed by atoms with van der Waals surface area (Å²) < 4.78 is 32.3. The van der Waals surface area contributed by atoms with E-state index in [-0.39, 0.29) is 5.91 Å². The van der Waals surface area contributed by atoms with Gasteiger partial charge in [-0.2, -0.15) is 4.31 Å². The summed E-state index contributed by atoms with van der Waals surface area (Å²) in [6.07, 6.45) is 2.67. The van der Waals surface area contributed by atoms with E-state index < -0.39 is 10.0 Å². The lowest BCUT2D eigenvalue weighted by Gasteiger charge is -2.30. The van der Waals surface area contributed by atoms with Crippen molar-refractivity contribution in [3.05, 3.63) is 53.6 Å². The van der Waals surface area contributed by atoms with Crippen LogP contribution in [0.15, 0.2) is 47.4 Å². The van der Waals surface area contributed by atoms with Crippen LogP contribution in [0.5, 0.6) is 5.75 Å². The molecule has 2 aromatic rings. The molecule has 162 valence electrons. The van der Waals surface area contributed by atoms with Crippen molar-refractivity contribution in [2.24, 2.45) is 0 Å². The Bertz CT molecular complexity index is 983. The van der Waals surface area contributed by atoms with Crippen LogP contribution in [0.2, 0.25) is 0 Å². The minimum atomic E-state index is -3.50. The van der Waals surface area contributed by atoms with E-state index in [1.807, 2.05) is 38.1 Å². The fourth-order valence-corrected chi connectivity index (χ4v) is 5.39. The third kappa shape index (κ3) is 4.68. The van der Waals surface area contributed by atoms with Crippen molar-refractivity contribution >= 4 is 21.6 Å². The Kier molecular flexibility index (Phi) is 7.15. The van der Waals surface area contributed by atoms with Crippen LogP contribution in [-0.4, -0.2) is 45.4 Å². The second kappa shape index (κ2) is 9.62. The Labute approximate surface area is 179 Å². The average molecular weight is 431 g/mol. The molecule has 1 amide bonds. The van der Waals surface area contributed by atoms with Gasteiger partial charge >= 0.3 is 0 Å². The summed E-state index contributed by atoms with van der Waals surface area (Å²) in [7, 11) is -1.87. The van der Waals surface area contributed by atoms with E-state index in [9.17, 15) is 13.2 Å². The molecule has 1 aliphatic rings. The normalized spacial score (nSPS) is 13.9. The second-order valence-corrected chi connectivity index (χ2v) is 9.31. The Hall–Kier alpha value is -2.38. The molecule has 0 atom stereocenters. The minimum Gasteiger partial charge on any atom is -0.497 e. The smallest absolute Gasteiger partial charge is 0.243 e. The molecule has 1 aliphatic heterocycles. The maximum atomic E-state index is 12.9. The molecule has 7 heteroatoms. The number of amides is 1. The van der Waals surface area contributed by atoms with Gasteiger partial charge < -0.3 is 9.64 Å². The third-order valence-electron chi connectivity index (χ3n) is 5.60. The van der Waals surface area contributed by atoms with Crippen LogP contribution in [0.1, 0.15) is 37.8 Å². The van der Waals surface area contributed by atoms with Crippen molar-refractivity contribution in [1.82, 2.24) is 4.31 Å². The average Bonchev–Trinajstić information content (AvgIpc) is 2.77. The number of carbonyl (C=O) groups excluding carboxylic acids is 1. The number of benzene rings is 2. The van der Waals surface area contributed by atoms with Gasteiger partial charge in [0.2, 0.25) is 15.9 Å². The van der Waals surface area contributed by atoms with Gasteiger partial charge in [-0.05, 0) is 60.7 Å². The zero-order valence-electron chi connectivity index (χ0n) is 17.9. The molecule has 0 fully saturated rings. The molecular formula is C23H30N2O4S. The molecule has 0 saturated heterocycles. The number of sulfonamides is 1. The van der Waals surface area contributed by atoms with Gasteiger partial charge in [-0.3, -0.25) is 4.79 Å². The number of aryl methyl sites for hydroxylation is 2. The van der Waals surface area contributed by atoms with Crippen LogP contribution in [0.25, 0.3) is 0 Å². The molecule has 6 nitrogen and oxygen atoms in total. The quantitative estimate of drug-likeness (QED) is 0.641. The molecule has 3 rings (SSSR count). The largest absolute Gasteiger partial charge is 0.497 e. The number of ether oxygens (including phenoxy) is 1. The molecule has 0 aliphatic carbocycles. The first kappa shape index (κ1) is 22.3. The number of methoxy groups -OCH3 is 1. The van der Waals surface area contributed by atoms with Crippen LogP contribution in [0, 0.1) is 0 Å². The number of fused-ring (bicyclic) bond motifs is 1. The standard InChI is InChI=1S/C23H30N2O4S/c1-4-24(5-2)30(27,28)21-13-14-22-19(17-21)7-6-16-25(22)23(26)15-10-18-8-11-20(29-3)12-9-18/h8-9,11-14,17H,4-7,10,15-16H2,1-3H3. The van der Waals surface area contributed by atoms with Gasteiger partial charge in [-0.1, -0.05) is 26.0 Å². The monoisotopic (exact) mass is 430 g/mol. The van der Waals surface area contributed by atoms with Crippen molar-refractivity contribution in [1.29, 1.82) is 0 Å². The zero-order chi connectivity index (χ0) is 21.7. The molecule has 0 aromatic heterocycles. The summed E-state index contributed by atoms with van der Waals surface area (Å²) in [5.41, 5.74) is 2.84. The summed E-state index contributed by atoms with van der Waals surface area (Å²) in [6.45, 7) is 5.21. The maximum Gasteiger partial charge on any atom is 0.243 e. The summed E-state index contributed by atoms with van der Waals surface area (Å²) in [5.74, 6) is 0.858. The van der Waals surface area contributed by atoms with E-state index in [0.717, 1.165) is 35.4 Å². The van der Waals surface area contributed by atoms with Crippen LogP contribution in [0.3, 0.4) is 0 Å². The first-order valence-electron chi connectivity index (χ1n) is 10.5. The van der Waals surface area contributed by atoms with Crippen molar-refractivity contribution in [2.45, 2.75) is 44.4 Å². The molecule has 1 heterocycles. The van der Waals surface area contributed by atoms with E-state index in [4.69, 9.17) is 4.74 Å². The van der Waals surface area contributed by atoms with E-state index in [0.29, 0.717) is 37.4 Å². The Morgan fingerprint density at radius 3 is 2.43 bits per heavy atom. The summed E-state index contributed by atoms with van der Waals surface area (Å²) in [5, 5.41) is 0. The zero-order valence-corrected chi connectivity index (χ0v) is 18.7. The van der Waals surface area contributed by atoms with Crippen molar-refractivity contribution < 1.29 is 17.9 Å². The lowest BCUT2D eigenvalue weighted by Crippen LogP contribution is -2.36. The first-order valence-corrected chi connectivity index (χ1v) is 11.9. The van der Waals surface area contributed by atoms with Gasteiger partial charge in [0.05, 0.1) is 12.0 Å². The van der Waals surface area contributed by atoms with E-state index >= 15 is 0 Å². The van der Waals surface area contributed by atoms with Gasteiger partial charge in [-0.15, -0.1) is 0 Å². The minimum absolute atomic E-state index is 0.0612. The molecule has 0 bridgehead atoms. The van der Waals surface area contributed by atoms with Gasteiger partial charge in [0.15, 0.2) is 0 Å². The molecule has 2 aromatic carbocycles. The Balaban J connectivity index is 1.75. The highest BCUT2D eigenvalue weighted by molar-refractivity contribution is 7.89. The van der Waals surface area contributed by atoms with E-state index in [2.05, 4.69) is 0 Å². The summed E-state index contributed by atoms with van der Waals surface area (Å²) in [6, 6.07) is 12.9. The SMILES string of the molecule is CCN(CC)S(=O)(=O)c1ccc2c(c1)CCCN2C(=O)CCc1ccc(OC)cc1. The topological polar surface area (TPSA) is 66.9 Å². The number of hydrogen-bond acceptors (Lipinski definition) is 4. The fraction of sp³-hybridized carbons (Fsp3) is 0.435. The highest BCUT2D eigenvalue weighted by Gasteiger charge is 2.26. The number of anilines is 1. The van der Waals surface area contributed by atoms with Crippen molar-refractivity contribution in [2.75, 3.05) is 31.6 Å². The van der Waals surface area contributed by atoms with Crippen molar-refractivity contribution in [3.63, 3.8) is 0 Å². The number of carbonyl (C=O) groups is 1. The lowest BCUT2D eigenvalue weighted by molar-refractivity contribution is -0.118. The molecule has 0 spiro atoms. The number of rotatable bonds is 8. The summed E-state index contributed by atoms with van der Waals surface area (Å²) in [4.78, 5) is 15.0. The highest BCUT2D eigenvalue weighted by Crippen LogP contribution is 2.31. The van der Waals surface area contributed by atoms with Gasteiger partial charge in [0.25, 0.3) is 0 Å². The lowest BCUT2D eigenvalue weighted by atomic mass is 10.0. The van der Waals surface area contributed by atoms with Gasteiger partial charge in [0, 0.05) is 31.7 Å². The van der Waals surface area contributed by atoms with E-state index in [1.165, 1.54) is 4.31 Å². The van der Waals surface area contributed by atoms with Gasteiger partial charge in [-0.25, -0.2) is 8.42 Å². The van der Waals surface area contributed by atoms with Crippen LogP contribution in [-0.2, 0) is 27.7 Å². The maximum absolute atomic E-state index is 12.9. The third-order valence-corrected chi connectivity index (χ3v) is 7.65. The molecule has 30 heavy (non-hydrogen) atoms. The number of hydrogen-bond donors (Lipinski definition) is 0. The molecule has 0 saturated carbocycles. The van der Waals surface area contributed by atoms with Crippen molar-refractivity contribution in [3.8, 4) is 5.75 Å². The summed E-state index contributed by atoms with van der Waals surface area (Å²) >= 11 is 0. The highest BCUT2D eigenvalue weighted by atomic mass is 32.2.